The monoisotopic (exact) mass is 1120 g/mol. The van der Waals surface area contributed by atoms with E-state index in [-0.39, 0.29) is 149 Å². The minimum Gasteiger partial charge on any atom is -0.394 e. The van der Waals surface area contributed by atoms with Gasteiger partial charge in [0, 0.05) is 45.2 Å². The number of amides is 3. The van der Waals surface area contributed by atoms with Crippen LogP contribution in [0.3, 0.4) is 0 Å². The summed E-state index contributed by atoms with van der Waals surface area (Å²) in [4.78, 5) is 62.6. The van der Waals surface area contributed by atoms with Crippen LogP contribution in [0, 0.1) is 5.41 Å². The van der Waals surface area contributed by atoms with E-state index < -0.39 is 128 Å². The van der Waals surface area contributed by atoms with Gasteiger partial charge in [-0.15, -0.1) is 0 Å². The van der Waals surface area contributed by atoms with Gasteiger partial charge >= 0.3 is 0 Å². The maximum absolute atomic E-state index is 12.9. The molecule has 0 aromatic heterocycles. The molecule has 3 aliphatic heterocycles. The number of aliphatic hydroxyl groups is 11. The average molecular weight is 1120 g/mol. The fourth-order valence-corrected chi connectivity index (χ4v) is 7.82. The standard InChI is InChI=1S/C47H84N4O26/c1-3-27(54)20-50-51-34(58)10-17-71-26-47(23-68-14-7-28(55)6-5-13-72-44-42(66)39(63)36(60)30(21-52)76-44,24-69-15-8-32(56)48-11-18-73-45-41(65)38(62)35(59)29(4-2)75-45)25-70-16-9-33(57)49-12-19-74-46-43(67)40(64)37(61)31(22-53)77-46/h29-31,35-46,50,52-53,59-67H,3-26H2,1-2H3,(H,48,56)(H,49,57)(H,51,58)/t29-,30-,31-,35-,36-,37-,38+,39+,40+,41+,42+,43+,44+,45+,46+,47?/m1/s1. The van der Waals surface area contributed by atoms with Gasteiger partial charge in [0.05, 0.1) is 110 Å². The Bertz CT molecular complexity index is 1550. The molecule has 1 unspecified atom stereocenters. The van der Waals surface area contributed by atoms with Crippen LogP contribution in [0.25, 0.3) is 0 Å². The highest BCUT2D eigenvalue weighted by atomic mass is 16.7. The lowest BCUT2D eigenvalue weighted by molar-refractivity contribution is -0.301. The SMILES string of the molecule is CCC(=O)CNNC(=O)CCOCC(COCCC(=O)CCCO[C@H]1O[C@H](CO)[C@@H](O)[C@H](O)[C@@H]1O)(COCCC(=O)NCCO[C@H]1O[C@H](CC)[C@@H](O)[C@H](O)[C@@H]1O)COCCC(=O)NCCO[C@H]1O[C@H](CO)[C@@H](O)[C@H](O)[C@@H]1O. The van der Waals surface area contributed by atoms with E-state index in [0.29, 0.717) is 6.42 Å². The number of aliphatic hydroxyl groups excluding tert-OH is 11. The van der Waals surface area contributed by atoms with Gasteiger partial charge < -0.3 is 114 Å². The van der Waals surface area contributed by atoms with Crippen molar-refractivity contribution in [3.05, 3.63) is 0 Å². The predicted molar refractivity (Wildman–Crippen MR) is 258 cm³/mol. The fourth-order valence-electron chi connectivity index (χ4n) is 7.82. The number of ketones is 2. The number of carbonyl (C=O) groups excluding carboxylic acids is 5. The lowest BCUT2D eigenvalue weighted by atomic mass is 9.92. The number of nitrogens with one attached hydrogen (secondary N) is 4. The topological polar surface area (TPSA) is 448 Å². The van der Waals surface area contributed by atoms with Crippen molar-refractivity contribution in [2.75, 3.05) is 106 Å². The third-order valence-electron chi connectivity index (χ3n) is 12.5. The van der Waals surface area contributed by atoms with Gasteiger partial charge in [0.1, 0.15) is 78.7 Å². The highest BCUT2D eigenvalue weighted by Gasteiger charge is 2.46. The van der Waals surface area contributed by atoms with Crippen molar-refractivity contribution in [3.63, 3.8) is 0 Å². The zero-order valence-corrected chi connectivity index (χ0v) is 43.7. The predicted octanol–water partition coefficient (Wildman–Crippen LogP) is -7.35. The Morgan fingerprint density at radius 2 is 0.844 bits per heavy atom. The van der Waals surface area contributed by atoms with Crippen molar-refractivity contribution >= 4 is 29.3 Å². The zero-order chi connectivity index (χ0) is 56.9. The normalized spacial score (nSPS) is 30.3. The van der Waals surface area contributed by atoms with Gasteiger partial charge in [0.25, 0.3) is 0 Å². The lowest BCUT2D eigenvalue weighted by Gasteiger charge is -2.40. The van der Waals surface area contributed by atoms with Gasteiger partial charge in [-0.2, -0.15) is 0 Å². The Labute approximate surface area is 445 Å². The average Bonchev–Trinajstić information content (AvgIpc) is 3.42. The van der Waals surface area contributed by atoms with Crippen LogP contribution in [0.1, 0.15) is 65.2 Å². The molecule has 0 bridgehead atoms. The molecule has 448 valence electrons. The minimum atomic E-state index is -1.65. The van der Waals surface area contributed by atoms with Gasteiger partial charge in [-0.3, -0.25) is 29.4 Å². The molecule has 0 spiro atoms. The van der Waals surface area contributed by atoms with Crippen molar-refractivity contribution in [2.45, 2.75) is 157 Å². The molecule has 0 aromatic rings. The van der Waals surface area contributed by atoms with E-state index in [4.69, 9.17) is 47.4 Å². The number of rotatable bonds is 40. The van der Waals surface area contributed by atoms with E-state index in [0.717, 1.165) is 0 Å². The minimum absolute atomic E-state index is 0.0127. The molecule has 0 radical (unpaired) electrons. The van der Waals surface area contributed by atoms with Crippen LogP contribution in [-0.2, 0) is 71.3 Å². The Balaban J connectivity index is 1.60. The van der Waals surface area contributed by atoms with Crippen molar-refractivity contribution in [2.24, 2.45) is 5.41 Å². The van der Waals surface area contributed by atoms with Gasteiger partial charge in [0.15, 0.2) is 18.9 Å². The van der Waals surface area contributed by atoms with E-state index in [1.165, 1.54) is 0 Å². The molecule has 3 fully saturated rings. The van der Waals surface area contributed by atoms with Crippen molar-refractivity contribution < 1.29 is 128 Å². The van der Waals surface area contributed by atoms with Crippen LogP contribution in [0.5, 0.6) is 0 Å². The highest BCUT2D eigenvalue weighted by molar-refractivity contribution is 5.81. The summed E-state index contributed by atoms with van der Waals surface area (Å²) in [6.07, 6.45) is -20.8. The fraction of sp³-hybridized carbons (Fsp3) is 0.894. The molecule has 0 aliphatic carbocycles. The van der Waals surface area contributed by atoms with E-state index in [2.05, 4.69) is 21.5 Å². The quantitative estimate of drug-likeness (QED) is 0.0200. The molecule has 30 nitrogen and oxygen atoms in total. The van der Waals surface area contributed by atoms with Crippen LogP contribution < -0.4 is 21.5 Å². The summed E-state index contributed by atoms with van der Waals surface area (Å²) < 4.78 is 56.4. The van der Waals surface area contributed by atoms with Crippen molar-refractivity contribution in [3.8, 4) is 0 Å². The first kappa shape index (κ1) is 68.1. The molecular formula is C47H84N4O26. The van der Waals surface area contributed by atoms with Crippen LogP contribution in [-0.4, -0.2) is 283 Å². The maximum Gasteiger partial charge on any atom is 0.236 e. The van der Waals surface area contributed by atoms with E-state index >= 15 is 0 Å². The molecule has 15 N–H and O–H groups in total. The summed E-state index contributed by atoms with van der Waals surface area (Å²) in [6, 6.07) is 0. The summed E-state index contributed by atoms with van der Waals surface area (Å²) in [5.74, 6) is -1.77. The van der Waals surface area contributed by atoms with Crippen molar-refractivity contribution in [1.29, 1.82) is 0 Å². The Morgan fingerprint density at radius 1 is 0.455 bits per heavy atom. The number of Topliss-reactive ketones (excluding diaryl/α,β-unsaturated/α-hetero) is 2. The Hall–Kier alpha value is -3.13. The first-order valence-electron chi connectivity index (χ1n) is 25.9. The number of carbonyl (C=O) groups is 5. The molecule has 0 saturated carbocycles. The Morgan fingerprint density at radius 3 is 1.26 bits per heavy atom. The second kappa shape index (κ2) is 37.0. The van der Waals surface area contributed by atoms with Gasteiger partial charge in [0.2, 0.25) is 17.7 Å². The third-order valence-corrected chi connectivity index (χ3v) is 12.5. The summed E-state index contributed by atoms with van der Waals surface area (Å²) in [7, 11) is 0. The smallest absolute Gasteiger partial charge is 0.236 e. The second-order valence-electron chi connectivity index (χ2n) is 18.8. The highest BCUT2D eigenvalue weighted by Crippen LogP contribution is 2.26. The van der Waals surface area contributed by atoms with E-state index in [9.17, 15) is 80.1 Å². The molecule has 3 amide bonds. The van der Waals surface area contributed by atoms with Crippen LogP contribution in [0.15, 0.2) is 0 Å². The third kappa shape index (κ3) is 23.9. The Kier molecular flexibility index (Phi) is 32.7. The summed E-state index contributed by atoms with van der Waals surface area (Å²) in [6.45, 7) is 0.380. The number of ether oxygens (including phenoxy) is 10. The summed E-state index contributed by atoms with van der Waals surface area (Å²) >= 11 is 0. The summed E-state index contributed by atoms with van der Waals surface area (Å²) in [5.41, 5.74) is 3.77. The van der Waals surface area contributed by atoms with Gasteiger partial charge in [-0.25, -0.2) is 5.43 Å². The number of hydrogen-bond acceptors (Lipinski definition) is 27. The lowest BCUT2D eigenvalue weighted by Crippen LogP contribution is -2.59. The van der Waals surface area contributed by atoms with Gasteiger partial charge in [-0.1, -0.05) is 13.8 Å². The van der Waals surface area contributed by atoms with Crippen LogP contribution in [0.2, 0.25) is 0 Å². The molecule has 16 atom stereocenters. The molecule has 3 heterocycles. The molecule has 3 aliphatic rings. The molecule has 0 aromatic carbocycles. The second-order valence-corrected chi connectivity index (χ2v) is 18.8. The van der Waals surface area contributed by atoms with Crippen molar-refractivity contribution in [1.82, 2.24) is 21.5 Å². The first-order valence-corrected chi connectivity index (χ1v) is 25.9. The van der Waals surface area contributed by atoms with Gasteiger partial charge in [-0.05, 0) is 12.8 Å². The van der Waals surface area contributed by atoms with E-state index in [1.807, 2.05) is 0 Å². The molecule has 3 rings (SSSR count). The largest absolute Gasteiger partial charge is 0.394 e. The van der Waals surface area contributed by atoms with Crippen LogP contribution in [0.4, 0.5) is 0 Å². The zero-order valence-electron chi connectivity index (χ0n) is 43.7. The maximum atomic E-state index is 12.9. The first-order chi connectivity index (χ1) is 36.8. The number of hydrogen-bond donors (Lipinski definition) is 15. The molecule has 3 saturated heterocycles. The number of hydrazine groups is 1. The molecule has 30 heteroatoms. The van der Waals surface area contributed by atoms with E-state index in [1.54, 1.807) is 13.8 Å². The molecular weight excluding hydrogens is 1040 g/mol. The van der Waals surface area contributed by atoms with Crippen LogP contribution >= 0.6 is 0 Å². The summed E-state index contributed by atoms with van der Waals surface area (Å²) in [5, 5.41) is 115. The molecule has 77 heavy (non-hydrogen) atoms.